The van der Waals surface area contributed by atoms with Crippen molar-refractivity contribution in [2.24, 2.45) is 0 Å². The van der Waals surface area contributed by atoms with Crippen LogP contribution in [0.15, 0.2) is 36.7 Å². The summed E-state index contributed by atoms with van der Waals surface area (Å²) in [4.78, 5) is 21.0. The first kappa shape index (κ1) is 12.7. The van der Waals surface area contributed by atoms with E-state index in [1.165, 1.54) is 0 Å². The Kier molecular flexibility index (Phi) is 3.64. The fourth-order valence-electron chi connectivity index (χ4n) is 2.23. The lowest BCUT2D eigenvalue weighted by Crippen LogP contribution is -2.36. The van der Waals surface area contributed by atoms with Gasteiger partial charge in [0.25, 0.3) is 5.91 Å². The quantitative estimate of drug-likeness (QED) is 0.888. The molecular formula is C14H16N4O2. The number of aromatic nitrogens is 2. The SMILES string of the molecule is O=C(Nc1ccccc1N1CCOCC1)c1ncc[nH]1. The van der Waals surface area contributed by atoms with Crippen LogP contribution in [0.1, 0.15) is 10.6 Å². The van der Waals surface area contributed by atoms with E-state index in [1.807, 2.05) is 24.3 Å². The molecule has 1 amide bonds. The van der Waals surface area contributed by atoms with E-state index in [2.05, 4.69) is 20.2 Å². The molecule has 2 heterocycles. The van der Waals surface area contributed by atoms with Crippen LogP contribution < -0.4 is 10.2 Å². The summed E-state index contributed by atoms with van der Waals surface area (Å²) in [6.45, 7) is 3.07. The number of amides is 1. The number of nitrogens with zero attached hydrogens (tertiary/aromatic N) is 2. The van der Waals surface area contributed by atoms with E-state index in [9.17, 15) is 4.79 Å². The Morgan fingerprint density at radius 1 is 1.30 bits per heavy atom. The summed E-state index contributed by atoms with van der Waals surface area (Å²) in [5, 5.41) is 2.90. The average Bonchev–Trinajstić information content (AvgIpc) is 3.03. The molecule has 0 saturated carbocycles. The fraction of sp³-hybridized carbons (Fsp3) is 0.286. The molecule has 0 radical (unpaired) electrons. The number of morpholine rings is 1. The molecule has 2 N–H and O–H groups in total. The van der Waals surface area contributed by atoms with Crippen LogP contribution in [0, 0.1) is 0 Å². The van der Waals surface area contributed by atoms with Crippen LogP contribution in [-0.4, -0.2) is 42.2 Å². The molecule has 1 aromatic carbocycles. The van der Waals surface area contributed by atoms with Gasteiger partial charge < -0.3 is 19.9 Å². The van der Waals surface area contributed by atoms with Crippen LogP contribution in [0.4, 0.5) is 11.4 Å². The highest BCUT2D eigenvalue weighted by Gasteiger charge is 2.16. The van der Waals surface area contributed by atoms with Gasteiger partial charge in [0.05, 0.1) is 24.6 Å². The van der Waals surface area contributed by atoms with Crippen molar-refractivity contribution in [3.05, 3.63) is 42.5 Å². The highest BCUT2D eigenvalue weighted by Crippen LogP contribution is 2.26. The predicted molar refractivity (Wildman–Crippen MR) is 76.0 cm³/mol. The molecule has 0 unspecified atom stereocenters. The van der Waals surface area contributed by atoms with Crippen LogP contribution in [0.5, 0.6) is 0 Å². The highest BCUT2D eigenvalue weighted by atomic mass is 16.5. The molecular weight excluding hydrogens is 256 g/mol. The lowest BCUT2D eigenvalue weighted by Gasteiger charge is -2.30. The number of H-pyrrole nitrogens is 1. The second kappa shape index (κ2) is 5.75. The lowest BCUT2D eigenvalue weighted by molar-refractivity contribution is 0.101. The van der Waals surface area contributed by atoms with Gasteiger partial charge in [-0.2, -0.15) is 0 Å². The summed E-state index contributed by atoms with van der Waals surface area (Å²) in [6.07, 6.45) is 3.19. The highest BCUT2D eigenvalue weighted by molar-refractivity contribution is 6.03. The van der Waals surface area contributed by atoms with Gasteiger partial charge in [0.2, 0.25) is 0 Å². The molecule has 1 saturated heterocycles. The predicted octanol–water partition coefficient (Wildman–Crippen LogP) is 1.50. The Hall–Kier alpha value is -2.34. The number of hydrogen-bond acceptors (Lipinski definition) is 4. The maximum Gasteiger partial charge on any atom is 0.291 e. The van der Waals surface area contributed by atoms with Gasteiger partial charge in [-0.1, -0.05) is 12.1 Å². The Morgan fingerprint density at radius 3 is 2.85 bits per heavy atom. The standard InChI is InChI=1S/C14H16N4O2/c19-14(13-15-5-6-16-13)17-11-3-1-2-4-12(11)18-7-9-20-10-8-18/h1-6H,7-10H2,(H,15,16)(H,17,19). The normalized spacial score (nSPS) is 15.1. The zero-order valence-corrected chi connectivity index (χ0v) is 11.0. The molecule has 6 nitrogen and oxygen atoms in total. The summed E-state index contributed by atoms with van der Waals surface area (Å²) < 4.78 is 5.36. The number of benzene rings is 1. The van der Waals surface area contributed by atoms with Gasteiger partial charge >= 0.3 is 0 Å². The van der Waals surface area contributed by atoms with Crippen molar-refractivity contribution >= 4 is 17.3 Å². The van der Waals surface area contributed by atoms with Crippen molar-refractivity contribution in [1.29, 1.82) is 0 Å². The monoisotopic (exact) mass is 272 g/mol. The van der Waals surface area contributed by atoms with Gasteiger partial charge in [0.15, 0.2) is 5.82 Å². The number of aromatic amines is 1. The number of nitrogens with one attached hydrogen (secondary N) is 2. The molecule has 0 aliphatic carbocycles. The van der Waals surface area contributed by atoms with Crippen LogP contribution in [0.2, 0.25) is 0 Å². The maximum absolute atomic E-state index is 12.1. The van der Waals surface area contributed by atoms with Crippen LogP contribution in [0.3, 0.4) is 0 Å². The third kappa shape index (κ3) is 2.65. The van der Waals surface area contributed by atoms with Crippen molar-refractivity contribution < 1.29 is 9.53 Å². The number of anilines is 2. The van der Waals surface area contributed by atoms with Crippen molar-refractivity contribution in [2.75, 3.05) is 36.5 Å². The third-order valence-corrected chi connectivity index (χ3v) is 3.22. The second-order valence-corrected chi connectivity index (χ2v) is 4.51. The van der Waals surface area contributed by atoms with Crippen LogP contribution in [0.25, 0.3) is 0 Å². The molecule has 3 rings (SSSR count). The van der Waals surface area contributed by atoms with Gasteiger partial charge in [-0.3, -0.25) is 4.79 Å². The Morgan fingerprint density at radius 2 is 2.10 bits per heavy atom. The fourth-order valence-corrected chi connectivity index (χ4v) is 2.23. The minimum Gasteiger partial charge on any atom is -0.378 e. The van der Waals surface area contributed by atoms with Gasteiger partial charge in [0.1, 0.15) is 0 Å². The van der Waals surface area contributed by atoms with E-state index in [4.69, 9.17) is 4.74 Å². The second-order valence-electron chi connectivity index (χ2n) is 4.51. The molecule has 1 aliphatic rings. The van der Waals surface area contributed by atoms with Crippen molar-refractivity contribution in [2.45, 2.75) is 0 Å². The van der Waals surface area contributed by atoms with Gasteiger partial charge in [-0.25, -0.2) is 4.98 Å². The summed E-state index contributed by atoms with van der Waals surface area (Å²) >= 11 is 0. The molecule has 20 heavy (non-hydrogen) atoms. The Labute approximate surface area is 116 Å². The number of ether oxygens (including phenoxy) is 1. The van der Waals surface area contributed by atoms with Gasteiger partial charge in [0, 0.05) is 25.5 Å². The molecule has 0 spiro atoms. The minimum absolute atomic E-state index is 0.240. The van der Waals surface area contributed by atoms with Crippen molar-refractivity contribution in [3.63, 3.8) is 0 Å². The van der Waals surface area contributed by atoms with E-state index in [-0.39, 0.29) is 5.91 Å². The van der Waals surface area contributed by atoms with Crippen LogP contribution in [-0.2, 0) is 4.74 Å². The number of carbonyl (C=O) groups is 1. The summed E-state index contributed by atoms with van der Waals surface area (Å²) in [5.41, 5.74) is 1.80. The Balaban J connectivity index is 1.80. The zero-order valence-electron chi connectivity index (χ0n) is 11.0. The van der Waals surface area contributed by atoms with E-state index < -0.39 is 0 Å². The molecule has 104 valence electrons. The van der Waals surface area contributed by atoms with Gasteiger partial charge in [-0.05, 0) is 12.1 Å². The molecule has 1 aliphatic heterocycles. The molecule has 0 atom stereocenters. The summed E-state index contributed by atoms with van der Waals surface area (Å²) in [6, 6.07) is 7.77. The number of para-hydroxylation sites is 2. The van der Waals surface area contributed by atoms with Crippen LogP contribution >= 0.6 is 0 Å². The maximum atomic E-state index is 12.1. The first-order chi connectivity index (χ1) is 9.84. The minimum atomic E-state index is -0.240. The van der Waals surface area contributed by atoms with E-state index in [0.29, 0.717) is 19.0 Å². The lowest BCUT2D eigenvalue weighted by atomic mass is 10.2. The topological polar surface area (TPSA) is 70.2 Å². The van der Waals surface area contributed by atoms with E-state index >= 15 is 0 Å². The summed E-state index contributed by atoms with van der Waals surface area (Å²) in [7, 11) is 0. The third-order valence-electron chi connectivity index (χ3n) is 3.22. The Bertz CT molecular complexity index is 577. The number of rotatable bonds is 3. The molecule has 1 aromatic heterocycles. The molecule has 0 bridgehead atoms. The molecule has 1 fully saturated rings. The summed E-state index contributed by atoms with van der Waals surface area (Å²) in [5.74, 6) is 0.0671. The molecule has 2 aromatic rings. The van der Waals surface area contributed by atoms with E-state index in [1.54, 1.807) is 12.4 Å². The van der Waals surface area contributed by atoms with Crippen molar-refractivity contribution in [3.8, 4) is 0 Å². The first-order valence-corrected chi connectivity index (χ1v) is 6.57. The first-order valence-electron chi connectivity index (χ1n) is 6.57. The van der Waals surface area contributed by atoms with E-state index in [0.717, 1.165) is 24.5 Å². The van der Waals surface area contributed by atoms with Crippen molar-refractivity contribution in [1.82, 2.24) is 9.97 Å². The molecule has 6 heteroatoms. The smallest absolute Gasteiger partial charge is 0.291 e. The zero-order chi connectivity index (χ0) is 13.8. The van der Waals surface area contributed by atoms with Gasteiger partial charge in [-0.15, -0.1) is 0 Å². The largest absolute Gasteiger partial charge is 0.378 e. The number of hydrogen-bond donors (Lipinski definition) is 2. The average molecular weight is 272 g/mol. The number of imidazole rings is 1. The number of carbonyl (C=O) groups excluding carboxylic acids is 1.